The van der Waals surface area contributed by atoms with Gasteiger partial charge in [-0.05, 0) is 31.4 Å². The van der Waals surface area contributed by atoms with Crippen molar-refractivity contribution in [1.82, 2.24) is 25.2 Å². The molecule has 0 unspecified atom stereocenters. The minimum absolute atomic E-state index is 0.571. The molecular weight excluding hydrogens is 240 g/mol. The molecule has 6 nitrogen and oxygen atoms in total. The van der Waals surface area contributed by atoms with E-state index in [2.05, 4.69) is 25.8 Å². The topological polar surface area (TPSA) is 66.6 Å². The molecule has 0 bridgehead atoms. The van der Waals surface area contributed by atoms with Crippen LogP contribution in [0.15, 0.2) is 29.4 Å². The number of rotatable bonds is 3. The lowest BCUT2D eigenvalue weighted by molar-refractivity contribution is 0.379. The number of hydrogen-bond donors (Lipinski definition) is 2. The molecule has 0 saturated heterocycles. The van der Waals surface area contributed by atoms with Crippen molar-refractivity contribution in [3.63, 3.8) is 0 Å². The molecule has 3 rings (SSSR count). The first-order chi connectivity index (χ1) is 9.36. The summed E-state index contributed by atoms with van der Waals surface area (Å²) in [5.74, 6) is 1.71. The van der Waals surface area contributed by atoms with Crippen molar-refractivity contribution >= 4 is 11.6 Å². The third-order valence-electron chi connectivity index (χ3n) is 3.47. The van der Waals surface area contributed by atoms with E-state index in [1.807, 2.05) is 28.8 Å². The van der Waals surface area contributed by atoms with Crippen molar-refractivity contribution in [2.24, 2.45) is 4.99 Å². The Morgan fingerprint density at radius 1 is 1.42 bits per heavy atom. The zero-order chi connectivity index (χ0) is 13.1. The molecule has 0 atom stereocenters. The van der Waals surface area contributed by atoms with Gasteiger partial charge < -0.3 is 10.6 Å². The highest BCUT2D eigenvalue weighted by atomic mass is 15.3. The number of aromatic nitrogens is 3. The van der Waals surface area contributed by atoms with E-state index in [1.165, 1.54) is 19.3 Å². The highest BCUT2D eigenvalue weighted by Crippen LogP contribution is 2.17. The maximum absolute atomic E-state index is 4.23. The predicted octanol–water partition coefficient (Wildman–Crippen LogP) is 0.947. The Morgan fingerprint density at radius 2 is 2.32 bits per heavy atom. The maximum Gasteiger partial charge on any atom is 0.191 e. The van der Waals surface area contributed by atoms with Crippen LogP contribution >= 0.6 is 0 Å². The molecule has 100 valence electrons. The van der Waals surface area contributed by atoms with Gasteiger partial charge in [0.15, 0.2) is 17.4 Å². The fraction of sp³-hybridized carbons (Fsp3) is 0.462. The first-order valence-corrected chi connectivity index (χ1v) is 6.62. The van der Waals surface area contributed by atoms with E-state index in [0.29, 0.717) is 12.6 Å². The molecule has 6 heteroatoms. The van der Waals surface area contributed by atoms with E-state index in [4.69, 9.17) is 0 Å². The summed E-state index contributed by atoms with van der Waals surface area (Å²) in [5.41, 5.74) is 0.862. The van der Waals surface area contributed by atoms with Crippen LogP contribution in [-0.2, 0) is 6.54 Å². The molecule has 0 aromatic carbocycles. The normalized spacial score (nSPS) is 16.4. The summed E-state index contributed by atoms with van der Waals surface area (Å²) in [7, 11) is 1.79. The van der Waals surface area contributed by atoms with Crippen LogP contribution in [-0.4, -0.2) is 33.6 Å². The maximum atomic E-state index is 4.23. The summed E-state index contributed by atoms with van der Waals surface area (Å²) in [6, 6.07) is 6.44. The number of hydrogen-bond acceptors (Lipinski definition) is 3. The van der Waals surface area contributed by atoms with Gasteiger partial charge in [-0.15, -0.1) is 10.2 Å². The van der Waals surface area contributed by atoms with Gasteiger partial charge in [0.2, 0.25) is 0 Å². The molecule has 19 heavy (non-hydrogen) atoms. The minimum Gasteiger partial charge on any atom is -0.354 e. The van der Waals surface area contributed by atoms with Crippen LogP contribution in [0, 0.1) is 0 Å². The number of nitrogens with zero attached hydrogens (tertiary/aromatic N) is 4. The summed E-state index contributed by atoms with van der Waals surface area (Å²) in [6.07, 6.45) is 5.74. The van der Waals surface area contributed by atoms with E-state index < -0.39 is 0 Å². The lowest BCUT2D eigenvalue weighted by Crippen LogP contribution is -2.46. The molecule has 0 radical (unpaired) electrons. The molecule has 0 spiro atoms. The Balaban J connectivity index is 1.64. The fourth-order valence-corrected chi connectivity index (χ4v) is 2.11. The highest BCUT2D eigenvalue weighted by Gasteiger charge is 2.18. The Bertz CT molecular complexity index is 584. The molecule has 2 aromatic rings. The SMILES string of the molecule is CN=C(NCc1nnc2ccccn12)NC1CCC1. The quantitative estimate of drug-likeness (QED) is 0.635. The van der Waals surface area contributed by atoms with Gasteiger partial charge in [0.25, 0.3) is 0 Å². The largest absolute Gasteiger partial charge is 0.354 e. The van der Waals surface area contributed by atoms with E-state index in [1.54, 1.807) is 7.05 Å². The van der Waals surface area contributed by atoms with Crippen LogP contribution in [0.5, 0.6) is 0 Å². The third kappa shape index (κ3) is 2.52. The summed E-state index contributed by atoms with van der Waals surface area (Å²) in [6.45, 7) is 0.609. The second-order valence-corrected chi connectivity index (χ2v) is 4.74. The fourth-order valence-electron chi connectivity index (χ4n) is 2.11. The van der Waals surface area contributed by atoms with Crippen molar-refractivity contribution in [3.05, 3.63) is 30.2 Å². The van der Waals surface area contributed by atoms with Crippen LogP contribution in [0.3, 0.4) is 0 Å². The van der Waals surface area contributed by atoms with Crippen molar-refractivity contribution in [1.29, 1.82) is 0 Å². The smallest absolute Gasteiger partial charge is 0.191 e. The third-order valence-corrected chi connectivity index (χ3v) is 3.47. The first kappa shape index (κ1) is 12.0. The van der Waals surface area contributed by atoms with Gasteiger partial charge in [0, 0.05) is 19.3 Å². The van der Waals surface area contributed by atoms with Crippen LogP contribution in [0.1, 0.15) is 25.1 Å². The molecule has 1 fully saturated rings. The Kier molecular flexibility index (Phi) is 3.31. The zero-order valence-electron chi connectivity index (χ0n) is 11.0. The molecule has 2 aromatic heterocycles. The van der Waals surface area contributed by atoms with Gasteiger partial charge in [-0.1, -0.05) is 6.07 Å². The summed E-state index contributed by atoms with van der Waals surface area (Å²) >= 11 is 0. The van der Waals surface area contributed by atoms with Gasteiger partial charge in [-0.25, -0.2) is 0 Å². The Hall–Kier alpha value is -2.11. The number of aliphatic imine (C=N–C) groups is 1. The standard InChI is InChI=1S/C13H18N6/c1-14-13(16-10-5-4-6-10)15-9-12-18-17-11-7-2-3-8-19(11)12/h2-3,7-8,10H,4-6,9H2,1H3,(H2,14,15,16). The molecular formula is C13H18N6. The van der Waals surface area contributed by atoms with Crippen LogP contribution < -0.4 is 10.6 Å². The van der Waals surface area contributed by atoms with Crippen molar-refractivity contribution in [2.45, 2.75) is 31.8 Å². The van der Waals surface area contributed by atoms with E-state index in [-0.39, 0.29) is 0 Å². The van der Waals surface area contributed by atoms with E-state index in [0.717, 1.165) is 17.4 Å². The van der Waals surface area contributed by atoms with E-state index in [9.17, 15) is 0 Å². The van der Waals surface area contributed by atoms with Crippen LogP contribution in [0.25, 0.3) is 5.65 Å². The molecule has 0 amide bonds. The lowest BCUT2D eigenvalue weighted by Gasteiger charge is -2.28. The molecule has 1 aliphatic rings. The number of guanidine groups is 1. The van der Waals surface area contributed by atoms with Gasteiger partial charge in [0.05, 0.1) is 6.54 Å². The van der Waals surface area contributed by atoms with Gasteiger partial charge >= 0.3 is 0 Å². The molecule has 0 aliphatic heterocycles. The Morgan fingerprint density at radius 3 is 3.05 bits per heavy atom. The van der Waals surface area contributed by atoms with Crippen LogP contribution in [0.4, 0.5) is 0 Å². The van der Waals surface area contributed by atoms with Gasteiger partial charge in [-0.3, -0.25) is 9.39 Å². The van der Waals surface area contributed by atoms with Gasteiger partial charge in [0.1, 0.15) is 0 Å². The lowest BCUT2D eigenvalue weighted by atomic mass is 9.93. The van der Waals surface area contributed by atoms with E-state index >= 15 is 0 Å². The molecule has 1 aliphatic carbocycles. The summed E-state index contributed by atoms with van der Waals surface area (Å²) in [4.78, 5) is 4.23. The summed E-state index contributed by atoms with van der Waals surface area (Å²) < 4.78 is 1.98. The number of fused-ring (bicyclic) bond motifs is 1. The van der Waals surface area contributed by atoms with Gasteiger partial charge in [-0.2, -0.15) is 0 Å². The zero-order valence-corrected chi connectivity index (χ0v) is 11.0. The van der Waals surface area contributed by atoms with Crippen molar-refractivity contribution < 1.29 is 0 Å². The predicted molar refractivity (Wildman–Crippen MR) is 74.0 cm³/mol. The Labute approximate surface area is 112 Å². The monoisotopic (exact) mass is 258 g/mol. The van der Waals surface area contributed by atoms with Crippen molar-refractivity contribution in [3.8, 4) is 0 Å². The number of pyridine rings is 1. The molecule has 1 saturated carbocycles. The minimum atomic E-state index is 0.571. The first-order valence-electron chi connectivity index (χ1n) is 6.62. The average molecular weight is 258 g/mol. The average Bonchev–Trinajstić information content (AvgIpc) is 2.80. The highest BCUT2D eigenvalue weighted by molar-refractivity contribution is 5.79. The van der Waals surface area contributed by atoms with Crippen molar-refractivity contribution in [2.75, 3.05) is 7.05 Å². The second-order valence-electron chi connectivity index (χ2n) is 4.74. The molecule has 2 heterocycles. The second kappa shape index (κ2) is 5.26. The summed E-state index contributed by atoms with van der Waals surface area (Å²) in [5, 5.41) is 15.0. The molecule has 2 N–H and O–H groups in total. The van der Waals surface area contributed by atoms with Crippen LogP contribution in [0.2, 0.25) is 0 Å². The number of nitrogens with one attached hydrogen (secondary N) is 2.